The fourth-order valence-electron chi connectivity index (χ4n) is 3.04. The number of para-hydroxylation sites is 1. The summed E-state index contributed by atoms with van der Waals surface area (Å²) in [7, 11) is 0. The van der Waals surface area contributed by atoms with Gasteiger partial charge in [-0.1, -0.05) is 48.0 Å². The third-order valence-corrected chi connectivity index (χ3v) is 5.33. The van der Waals surface area contributed by atoms with E-state index in [0.29, 0.717) is 0 Å². The van der Waals surface area contributed by atoms with E-state index in [0.717, 1.165) is 31.8 Å². The van der Waals surface area contributed by atoms with Crippen LogP contribution in [0.1, 0.15) is 11.1 Å². The molecule has 1 amide bonds. The van der Waals surface area contributed by atoms with E-state index < -0.39 is 0 Å². The standard InChI is InChI=1S/C25H20IN3O/c1-18-7-9-19(10-8-18)25-20(17-29(28-25)23-5-3-2-4-6-23)11-16-24(30)27-22-14-12-21(26)13-15-22/h2-17H,1H3,(H,27,30)/b16-11+. The lowest BCUT2D eigenvalue weighted by Gasteiger charge is -2.02. The van der Waals surface area contributed by atoms with Crippen LogP contribution in [0.5, 0.6) is 0 Å². The SMILES string of the molecule is Cc1ccc(-c2nn(-c3ccccc3)cc2/C=C/C(=O)Nc2ccc(I)cc2)cc1. The van der Waals surface area contributed by atoms with Crippen molar-refractivity contribution in [3.63, 3.8) is 0 Å². The van der Waals surface area contributed by atoms with Crippen molar-refractivity contribution >= 4 is 40.3 Å². The van der Waals surface area contributed by atoms with Crippen molar-refractivity contribution in [2.45, 2.75) is 6.92 Å². The number of carbonyl (C=O) groups is 1. The highest BCUT2D eigenvalue weighted by atomic mass is 127. The lowest BCUT2D eigenvalue weighted by Crippen LogP contribution is -2.07. The van der Waals surface area contributed by atoms with Gasteiger partial charge in [-0.2, -0.15) is 5.10 Å². The number of rotatable bonds is 5. The summed E-state index contributed by atoms with van der Waals surface area (Å²) in [6, 6.07) is 25.9. The highest BCUT2D eigenvalue weighted by molar-refractivity contribution is 14.1. The number of amides is 1. The third kappa shape index (κ3) is 4.86. The highest BCUT2D eigenvalue weighted by Crippen LogP contribution is 2.25. The first-order valence-electron chi connectivity index (χ1n) is 9.55. The predicted molar refractivity (Wildman–Crippen MR) is 131 cm³/mol. The zero-order valence-electron chi connectivity index (χ0n) is 16.4. The molecule has 0 atom stereocenters. The normalized spacial score (nSPS) is 11.0. The van der Waals surface area contributed by atoms with E-state index in [2.05, 4.69) is 59.1 Å². The lowest BCUT2D eigenvalue weighted by atomic mass is 10.1. The first-order chi connectivity index (χ1) is 14.6. The number of nitrogens with zero attached hydrogens (tertiary/aromatic N) is 2. The van der Waals surface area contributed by atoms with E-state index in [4.69, 9.17) is 5.10 Å². The topological polar surface area (TPSA) is 46.9 Å². The van der Waals surface area contributed by atoms with Gasteiger partial charge in [-0.3, -0.25) is 4.79 Å². The number of nitrogens with one attached hydrogen (secondary N) is 1. The minimum atomic E-state index is -0.182. The molecule has 0 bridgehead atoms. The Bertz CT molecular complexity index is 1180. The van der Waals surface area contributed by atoms with Gasteiger partial charge in [-0.25, -0.2) is 4.68 Å². The largest absolute Gasteiger partial charge is 0.323 e. The molecule has 0 aliphatic heterocycles. The number of benzene rings is 3. The van der Waals surface area contributed by atoms with Gasteiger partial charge in [0.2, 0.25) is 5.91 Å². The Balaban J connectivity index is 1.64. The smallest absolute Gasteiger partial charge is 0.248 e. The first kappa shape index (κ1) is 20.1. The van der Waals surface area contributed by atoms with Gasteiger partial charge in [0.15, 0.2) is 0 Å². The molecule has 0 aliphatic carbocycles. The average Bonchev–Trinajstić information content (AvgIpc) is 3.19. The Morgan fingerprint density at radius 2 is 1.67 bits per heavy atom. The summed E-state index contributed by atoms with van der Waals surface area (Å²) in [6.07, 6.45) is 5.30. The maximum atomic E-state index is 12.4. The quantitative estimate of drug-likeness (QED) is 0.263. The van der Waals surface area contributed by atoms with Crippen molar-refractivity contribution in [1.82, 2.24) is 9.78 Å². The van der Waals surface area contributed by atoms with Crippen LogP contribution in [0.25, 0.3) is 23.0 Å². The van der Waals surface area contributed by atoms with Crippen LogP contribution in [0.4, 0.5) is 5.69 Å². The summed E-state index contributed by atoms with van der Waals surface area (Å²) in [6.45, 7) is 2.06. The van der Waals surface area contributed by atoms with Gasteiger partial charge in [-0.15, -0.1) is 0 Å². The predicted octanol–water partition coefficient (Wildman–Crippen LogP) is 6.10. The highest BCUT2D eigenvalue weighted by Gasteiger charge is 2.11. The molecular formula is C25H20IN3O. The summed E-state index contributed by atoms with van der Waals surface area (Å²) >= 11 is 2.24. The Labute approximate surface area is 189 Å². The number of aryl methyl sites for hydroxylation is 1. The second-order valence-electron chi connectivity index (χ2n) is 6.91. The lowest BCUT2D eigenvalue weighted by molar-refractivity contribution is -0.111. The van der Waals surface area contributed by atoms with Crippen LogP contribution in [0.15, 0.2) is 91.1 Å². The molecular weight excluding hydrogens is 485 g/mol. The summed E-state index contributed by atoms with van der Waals surface area (Å²) in [5.41, 5.74) is 5.64. The van der Waals surface area contributed by atoms with Crippen molar-refractivity contribution in [3.05, 3.63) is 106 Å². The van der Waals surface area contributed by atoms with Crippen LogP contribution in [-0.4, -0.2) is 15.7 Å². The molecule has 0 saturated carbocycles. The second-order valence-corrected chi connectivity index (χ2v) is 8.15. The van der Waals surface area contributed by atoms with Crippen molar-refractivity contribution in [2.24, 2.45) is 0 Å². The summed E-state index contributed by atoms with van der Waals surface area (Å²) in [5.74, 6) is -0.182. The Kier molecular flexibility index (Phi) is 6.09. The molecule has 4 nitrogen and oxygen atoms in total. The van der Waals surface area contributed by atoms with Crippen molar-refractivity contribution in [3.8, 4) is 16.9 Å². The van der Waals surface area contributed by atoms with Gasteiger partial charge in [-0.05, 0) is 72.0 Å². The molecule has 4 aromatic rings. The number of anilines is 1. The van der Waals surface area contributed by atoms with Gasteiger partial charge < -0.3 is 5.32 Å². The van der Waals surface area contributed by atoms with Gasteiger partial charge in [0.05, 0.1) is 11.4 Å². The van der Waals surface area contributed by atoms with E-state index in [1.54, 1.807) is 6.08 Å². The molecule has 0 aliphatic rings. The molecule has 1 heterocycles. The van der Waals surface area contributed by atoms with E-state index in [1.165, 1.54) is 5.56 Å². The Morgan fingerprint density at radius 1 is 0.967 bits per heavy atom. The molecule has 4 rings (SSSR count). The minimum Gasteiger partial charge on any atom is -0.323 e. The molecule has 1 aromatic heterocycles. The third-order valence-electron chi connectivity index (χ3n) is 4.61. The molecule has 0 saturated heterocycles. The van der Waals surface area contributed by atoms with E-state index in [-0.39, 0.29) is 5.91 Å². The maximum Gasteiger partial charge on any atom is 0.248 e. The molecule has 3 aromatic carbocycles. The van der Waals surface area contributed by atoms with Crippen molar-refractivity contribution in [2.75, 3.05) is 5.32 Å². The maximum absolute atomic E-state index is 12.4. The molecule has 30 heavy (non-hydrogen) atoms. The van der Waals surface area contributed by atoms with Crippen LogP contribution in [-0.2, 0) is 4.79 Å². The van der Waals surface area contributed by atoms with E-state index in [1.807, 2.05) is 71.6 Å². The molecule has 0 radical (unpaired) electrons. The van der Waals surface area contributed by atoms with Crippen LogP contribution in [0.3, 0.4) is 0 Å². The number of hydrogen-bond acceptors (Lipinski definition) is 2. The number of hydrogen-bond donors (Lipinski definition) is 1. The van der Waals surface area contributed by atoms with Gasteiger partial charge >= 0.3 is 0 Å². The molecule has 0 unspecified atom stereocenters. The van der Waals surface area contributed by atoms with Crippen LogP contribution >= 0.6 is 22.6 Å². The molecule has 148 valence electrons. The zero-order valence-corrected chi connectivity index (χ0v) is 18.6. The summed E-state index contributed by atoms with van der Waals surface area (Å²) in [4.78, 5) is 12.4. The minimum absolute atomic E-state index is 0.182. The first-order valence-corrected chi connectivity index (χ1v) is 10.6. The Morgan fingerprint density at radius 3 is 2.37 bits per heavy atom. The van der Waals surface area contributed by atoms with Gasteiger partial charge in [0, 0.05) is 32.7 Å². The van der Waals surface area contributed by atoms with Crippen molar-refractivity contribution < 1.29 is 4.79 Å². The summed E-state index contributed by atoms with van der Waals surface area (Å²) < 4.78 is 2.96. The Hall–Kier alpha value is -3.19. The average molecular weight is 505 g/mol. The van der Waals surface area contributed by atoms with Crippen LogP contribution in [0.2, 0.25) is 0 Å². The number of carbonyl (C=O) groups excluding carboxylic acids is 1. The second kappa shape index (κ2) is 9.09. The molecule has 5 heteroatoms. The molecule has 1 N–H and O–H groups in total. The van der Waals surface area contributed by atoms with E-state index in [9.17, 15) is 4.79 Å². The van der Waals surface area contributed by atoms with Crippen LogP contribution < -0.4 is 5.32 Å². The number of aromatic nitrogens is 2. The van der Waals surface area contributed by atoms with E-state index >= 15 is 0 Å². The fourth-order valence-corrected chi connectivity index (χ4v) is 3.40. The van der Waals surface area contributed by atoms with Gasteiger partial charge in [0.25, 0.3) is 0 Å². The monoisotopic (exact) mass is 505 g/mol. The molecule has 0 fully saturated rings. The summed E-state index contributed by atoms with van der Waals surface area (Å²) in [5, 5.41) is 7.67. The zero-order chi connectivity index (χ0) is 20.9. The fraction of sp³-hybridized carbons (Fsp3) is 0.0400. The van der Waals surface area contributed by atoms with Gasteiger partial charge in [0.1, 0.15) is 0 Å². The van der Waals surface area contributed by atoms with Crippen LogP contribution in [0, 0.1) is 10.5 Å². The number of halogens is 1. The molecule has 0 spiro atoms. The van der Waals surface area contributed by atoms with Crippen molar-refractivity contribution in [1.29, 1.82) is 0 Å².